The van der Waals surface area contributed by atoms with Crippen LogP contribution in [0.3, 0.4) is 0 Å². The molecule has 0 radical (unpaired) electrons. The highest BCUT2D eigenvalue weighted by atomic mass is 32.2. The molecule has 1 unspecified atom stereocenters. The standard InChI is InChI=1S/C19H21NO3S/c21-24(22,23-19-9-5-2-6-10-19)16-15-20-13-11-18(12-14-20)17-7-3-1-4-8-17/h1-11H,12-16H2/p+1. The van der Waals surface area contributed by atoms with Crippen LogP contribution in [0.15, 0.2) is 66.7 Å². The van der Waals surface area contributed by atoms with Gasteiger partial charge >= 0.3 is 10.1 Å². The minimum absolute atomic E-state index is 0.0335. The van der Waals surface area contributed by atoms with Gasteiger partial charge in [-0.05, 0) is 29.3 Å². The zero-order valence-corrected chi connectivity index (χ0v) is 14.3. The van der Waals surface area contributed by atoms with Crippen LogP contribution in [0.25, 0.3) is 5.57 Å². The molecule has 1 atom stereocenters. The predicted molar refractivity (Wildman–Crippen MR) is 95.5 cm³/mol. The van der Waals surface area contributed by atoms with Crippen LogP contribution in [-0.2, 0) is 10.1 Å². The highest BCUT2D eigenvalue weighted by molar-refractivity contribution is 7.87. The lowest BCUT2D eigenvalue weighted by molar-refractivity contribution is -0.892. The fourth-order valence-corrected chi connectivity index (χ4v) is 3.88. The molecule has 1 heterocycles. The summed E-state index contributed by atoms with van der Waals surface area (Å²) in [6, 6.07) is 19.0. The molecule has 1 aliphatic heterocycles. The molecule has 0 bridgehead atoms. The van der Waals surface area contributed by atoms with E-state index in [9.17, 15) is 8.42 Å². The van der Waals surface area contributed by atoms with E-state index in [1.165, 1.54) is 16.0 Å². The molecule has 0 fully saturated rings. The summed E-state index contributed by atoms with van der Waals surface area (Å²) in [5.74, 6) is 0.406. The van der Waals surface area contributed by atoms with Gasteiger partial charge < -0.3 is 9.08 Å². The Morgan fingerprint density at radius 1 is 0.958 bits per heavy atom. The van der Waals surface area contributed by atoms with E-state index < -0.39 is 10.1 Å². The number of para-hydroxylation sites is 1. The van der Waals surface area contributed by atoms with Gasteiger partial charge in [-0.3, -0.25) is 0 Å². The van der Waals surface area contributed by atoms with Gasteiger partial charge in [-0.1, -0.05) is 48.5 Å². The van der Waals surface area contributed by atoms with Crippen molar-refractivity contribution in [2.24, 2.45) is 0 Å². The fourth-order valence-electron chi connectivity index (χ4n) is 2.86. The van der Waals surface area contributed by atoms with E-state index in [0.29, 0.717) is 12.3 Å². The maximum atomic E-state index is 12.1. The Morgan fingerprint density at radius 3 is 2.25 bits per heavy atom. The van der Waals surface area contributed by atoms with E-state index in [4.69, 9.17) is 4.18 Å². The Morgan fingerprint density at radius 2 is 1.62 bits per heavy atom. The summed E-state index contributed by atoms with van der Waals surface area (Å²) in [5, 5.41) is 0. The molecule has 1 aliphatic rings. The smallest absolute Gasteiger partial charge is 0.314 e. The van der Waals surface area contributed by atoms with Gasteiger partial charge in [-0.15, -0.1) is 0 Å². The van der Waals surface area contributed by atoms with Gasteiger partial charge in [-0.2, -0.15) is 8.42 Å². The third kappa shape index (κ3) is 4.69. The summed E-state index contributed by atoms with van der Waals surface area (Å²) in [4.78, 5) is 1.27. The van der Waals surface area contributed by atoms with E-state index in [-0.39, 0.29) is 5.75 Å². The molecule has 0 saturated carbocycles. The van der Waals surface area contributed by atoms with Crippen LogP contribution in [0.2, 0.25) is 0 Å². The number of quaternary nitrogens is 1. The molecular formula is C19H22NO3S+. The van der Waals surface area contributed by atoms with Crippen LogP contribution < -0.4 is 9.08 Å². The molecule has 1 N–H and O–H groups in total. The van der Waals surface area contributed by atoms with Crippen LogP contribution in [0.5, 0.6) is 5.75 Å². The topological polar surface area (TPSA) is 47.8 Å². The van der Waals surface area contributed by atoms with Crippen molar-refractivity contribution in [3.05, 3.63) is 72.3 Å². The minimum atomic E-state index is -3.54. The van der Waals surface area contributed by atoms with E-state index in [1.54, 1.807) is 24.3 Å². The maximum Gasteiger partial charge on any atom is 0.314 e. The Balaban J connectivity index is 1.52. The second-order valence-corrected chi connectivity index (χ2v) is 7.65. The Bertz CT molecular complexity index is 786. The van der Waals surface area contributed by atoms with E-state index >= 15 is 0 Å². The van der Waals surface area contributed by atoms with Gasteiger partial charge in [0.05, 0.1) is 19.6 Å². The maximum absolute atomic E-state index is 12.1. The van der Waals surface area contributed by atoms with Crippen molar-refractivity contribution < 1.29 is 17.5 Å². The summed E-state index contributed by atoms with van der Waals surface area (Å²) in [6.07, 6.45) is 3.19. The highest BCUT2D eigenvalue weighted by Crippen LogP contribution is 2.17. The second kappa shape index (κ2) is 7.64. The number of nitrogens with one attached hydrogen (secondary N) is 1. The molecule has 0 amide bonds. The van der Waals surface area contributed by atoms with Gasteiger partial charge in [0.2, 0.25) is 0 Å². The van der Waals surface area contributed by atoms with Crippen molar-refractivity contribution in [2.45, 2.75) is 6.42 Å². The first-order chi connectivity index (χ1) is 11.6. The summed E-state index contributed by atoms with van der Waals surface area (Å²) in [7, 11) is -3.54. The summed E-state index contributed by atoms with van der Waals surface area (Å²) < 4.78 is 29.3. The molecule has 2 aromatic rings. The Kier molecular flexibility index (Phi) is 5.33. The van der Waals surface area contributed by atoms with E-state index in [2.05, 4.69) is 18.2 Å². The monoisotopic (exact) mass is 344 g/mol. The normalized spacial score (nSPS) is 18.0. The van der Waals surface area contributed by atoms with Crippen molar-refractivity contribution >= 4 is 15.7 Å². The first-order valence-electron chi connectivity index (χ1n) is 8.18. The quantitative estimate of drug-likeness (QED) is 0.813. The van der Waals surface area contributed by atoms with Gasteiger partial charge in [0.25, 0.3) is 0 Å². The Labute approximate surface area is 143 Å². The van der Waals surface area contributed by atoms with E-state index in [1.807, 2.05) is 24.3 Å². The molecule has 126 valence electrons. The molecule has 24 heavy (non-hydrogen) atoms. The predicted octanol–water partition coefficient (Wildman–Crippen LogP) is 1.77. The molecule has 0 aliphatic carbocycles. The molecule has 4 nitrogen and oxygen atoms in total. The lowest BCUT2D eigenvalue weighted by atomic mass is 10.00. The summed E-state index contributed by atoms with van der Waals surface area (Å²) in [6.45, 7) is 2.36. The largest absolute Gasteiger partial charge is 0.382 e. The third-order valence-corrected chi connectivity index (χ3v) is 5.35. The fraction of sp³-hybridized carbons (Fsp3) is 0.263. The number of benzene rings is 2. The molecule has 0 spiro atoms. The lowest BCUT2D eigenvalue weighted by Gasteiger charge is -2.23. The molecule has 2 aromatic carbocycles. The summed E-state index contributed by atoms with van der Waals surface area (Å²) >= 11 is 0. The second-order valence-electron chi connectivity index (χ2n) is 5.96. The van der Waals surface area contributed by atoms with Crippen LogP contribution in [0.1, 0.15) is 12.0 Å². The number of hydrogen-bond acceptors (Lipinski definition) is 3. The van der Waals surface area contributed by atoms with Crippen LogP contribution >= 0.6 is 0 Å². The molecule has 0 aromatic heterocycles. The highest BCUT2D eigenvalue weighted by Gasteiger charge is 2.20. The molecule has 0 saturated heterocycles. The van der Waals surface area contributed by atoms with Crippen molar-refractivity contribution in [1.29, 1.82) is 0 Å². The van der Waals surface area contributed by atoms with Gasteiger partial charge in [0, 0.05) is 6.42 Å². The number of hydrogen-bond donors (Lipinski definition) is 1. The first kappa shape index (κ1) is 16.7. The SMILES string of the molecule is O=S(=O)(CC[NH+]1CC=C(c2ccccc2)CC1)Oc1ccccc1. The van der Waals surface area contributed by atoms with Gasteiger partial charge in [-0.25, -0.2) is 0 Å². The van der Waals surface area contributed by atoms with Gasteiger partial charge in [0.1, 0.15) is 11.5 Å². The third-order valence-electron chi connectivity index (χ3n) is 4.20. The Hall–Kier alpha value is -2.11. The average molecular weight is 344 g/mol. The number of rotatable bonds is 6. The van der Waals surface area contributed by atoms with Crippen molar-refractivity contribution in [3.63, 3.8) is 0 Å². The molecule has 3 rings (SSSR count). The lowest BCUT2D eigenvalue weighted by Crippen LogP contribution is -3.13. The zero-order valence-electron chi connectivity index (χ0n) is 13.5. The van der Waals surface area contributed by atoms with Crippen LogP contribution in [-0.4, -0.2) is 33.8 Å². The van der Waals surface area contributed by atoms with Crippen molar-refractivity contribution in [2.75, 3.05) is 25.4 Å². The van der Waals surface area contributed by atoms with Crippen molar-refractivity contribution in [1.82, 2.24) is 0 Å². The average Bonchev–Trinajstić information content (AvgIpc) is 2.62. The van der Waals surface area contributed by atoms with Crippen LogP contribution in [0.4, 0.5) is 0 Å². The minimum Gasteiger partial charge on any atom is -0.382 e. The van der Waals surface area contributed by atoms with Gasteiger partial charge in [0.15, 0.2) is 0 Å². The molecular weight excluding hydrogens is 322 g/mol. The first-order valence-corrected chi connectivity index (χ1v) is 9.75. The van der Waals surface area contributed by atoms with Crippen molar-refractivity contribution in [3.8, 4) is 5.75 Å². The molecule has 5 heteroatoms. The van der Waals surface area contributed by atoms with Crippen LogP contribution in [0, 0.1) is 0 Å². The summed E-state index contributed by atoms with van der Waals surface area (Å²) in [5.41, 5.74) is 2.61. The zero-order chi connectivity index (χ0) is 16.8. The van der Waals surface area contributed by atoms with E-state index in [0.717, 1.165) is 19.5 Å².